The molecule has 0 saturated carbocycles. The summed E-state index contributed by atoms with van der Waals surface area (Å²) in [6.07, 6.45) is 2.89. The molecule has 7 heteroatoms. The van der Waals surface area contributed by atoms with Crippen molar-refractivity contribution in [1.29, 1.82) is 0 Å². The van der Waals surface area contributed by atoms with Gasteiger partial charge in [-0.25, -0.2) is 4.98 Å². The highest BCUT2D eigenvalue weighted by Crippen LogP contribution is 2.24. The molecule has 0 bridgehead atoms. The molecule has 102 valence electrons. The van der Waals surface area contributed by atoms with E-state index < -0.39 is 5.97 Å². The number of aromatic nitrogens is 2. The number of hydrogen-bond acceptors (Lipinski definition) is 4. The Kier molecular flexibility index (Phi) is 5.06. The van der Waals surface area contributed by atoms with Gasteiger partial charge in [0.05, 0.1) is 15.2 Å². The van der Waals surface area contributed by atoms with Crippen molar-refractivity contribution in [3.8, 4) is 0 Å². The maximum Gasteiger partial charge on any atom is 0.313 e. The fourth-order valence-electron chi connectivity index (χ4n) is 1.64. The zero-order chi connectivity index (χ0) is 13.8. The summed E-state index contributed by atoms with van der Waals surface area (Å²) in [5, 5.41) is 9.50. The quantitative estimate of drug-likeness (QED) is 0.801. The Bertz CT molecular complexity index is 580. The number of rotatable bonds is 6. The number of aryl methyl sites for hydroxylation is 3. The molecule has 0 radical (unpaired) electrons. The Morgan fingerprint density at radius 1 is 1.58 bits per heavy atom. The number of carboxylic acids is 1. The van der Waals surface area contributed by atoms with Crippen LogP contribution in [0.3, 0.4) is 0 Å². The van der Waals surface area contributed by atoms with Gasteiger partial charge in [-0.2, -0.15) is 0 Å². The Morgan fingerprint density at radius 2 is 2.37 bits per heavy atom. The van der Waals surface area contributed by atoms with Crippen LogP contribution < -0.4 is 0 Å². The fraction of sp³-hybridized carbons (Fsp3) is 0.333. The van der Waals surface area contributed by atoms with Gasteiger partial charge in [0.2, 0.25) is 0 Å². The van der Waals surface area contributed by atoms with E-state index in [9.17, 15) is 4.79 Å². The van der Waals surface area contributed by atoms with E-state index in [1.807, 2.05) is 23.8 Å². The third-order valence-corrected chi connectivity index (χ3v) is 5.07. The summed E-state index contributed by atoms with van der Waals surface area (Å²) in [6, 6.07) is 4.14. The van der Waals surface area contributed by atoms with Gasteiger partial charge in [0.1, 0.15) is 0 Å². The molecule has 2 heterocycles. The first-order chi connectivity index (χ1) is 9.04. The lowest BCUT2D eigenvalue weighted by Crippen LogP contribution is -2.04. The van der Waals surface area contributed by atoms with Crippen molar-refractivity contribution in [2.24, 2.45) is 0 Å². The maximum absolute atomic E-state index is 10.6. The summed E-state index contributed by atoms with van der Waals surface area (Å²) >= 11 is 6.43. The van der Waals surface area contributed by atoms with Crippen LogP contribution in [0.15, 0.2) is 27.3 Å². The fourth-order valence-corrected chi connectivity index (χ4v) is 3.89. The third kappa shape index (κ3) is 4.36. The normalized spacial score (nSPS) is 10.8. The minimum atomic E-state index is -0.820. The highest BCUT2D eigenvalue weighted by Gasteiger charge is 2.09. The molecule has 19 heavy (non-hydrogen) atoms. The van der Waals surface area contributed by atoms with E-state index in [0.717, 1.165) is 27.6 Å². The number of thiophene rings is 1. The van der Waals surface area contributed by atoms with Gasteiger partial charge < -0.3 is 9.67 Å². The number of hydrogen-bond donors (Lipinski definition) is 1. The largest absolute Gasteiger partial charge is 0.481 e. The number of carboxylic acid groups (broad SMARTS) is 1. The SMILES string of the molecule is Cc1cn(CCc2ccc(Br)s2)c(SCC(=O)O)n1. The lowest BCUT2D eigenvalue weighted by atomic mass is 10.3. The standard InChI is InChI=1S/C12H13BrN2O2S2/c1-8-6-15(12(14-8)18-7-11(16)17)5-4-9-2-3-10(13)19-9/h2-3,6H,4-5,7H2,1H3,(H,16,17). The van der Waals surface area contributed by atoms with Crippen LogP contribution in [0.4, 0.5) is 0 Å². The average molecular weight is 361 g/mol. The molecule has 0 aliphatic heterocycles. The van der Waals surface area contributed by atoms with E-state index in [0.29, 0.717) is 0 Å². The van der Waals surface area contributed by atoms with Crippen LogP contribution in [0, 0.1) is 6.92 Å². The number of thioether (sulfide) groups is 1. The van der Waals surface area contributed by atoms with Crippen molar-refractivity contribution in [3.05, 3.63) is 32.7 Å². The molecular formula is C12H13BrN2O2S2. The molecule has 0 saturated heterocycles. The summed E-state index contributed by atoms with van der Waals surface area (Å²) < 4.78 is 3.15. The Hall–Kier alpha value is -0.790. The maximum atomic E-state index is 10.6. The highest BCUT2D eigenvalue weighted by atomic mass is 79.9. The van der Waals surface area contributed by atoms with Crippen LogP contribution in [0.1, 0.15) is 10.6 Å². The first-order valence-corrected chi connectivity index (χ1v) is 8.26. The van der Waals surface area contributed by atoms with Gasteiger partial charge in [-0.1, -0.05) is 11.8 Å². The second kappa shape index (κ2) is 6.58. The Balaban J connectivity index is 2.00. The summed E-state index contributed by atoms with van der Waals surface area (Å²) in [5.74, 6) is -0.777. The Morgan fingerprint density at radius 3 is 3.00 bits per heavy atom. The van der Waals surface area contributed by atoms with E-state index >= 15 is 0 Å². The van der Waals surface area contributed by atoms with E-state index in [4.69, 9.17) is 5.11 Å². The van der Waals surface area contributed by atoms with Gasteiger partial charge in [0.25, 0.3) is 0 Å². The first kappa shape index (κ1) is 14.6. The summed E-state index contributed by atoms with van der Waals surface area (Å²) in [6.45, 7) is 2.73. The van der Waals surface area contributed by atoms with Gasteiger partial charge in [-0.05, 0) is 41.4 Å². The molecule has 2 aromatic heterocycles. The van der Waals surface area contributed by atoms with Crippen molar-refractivity contribution in [2.45, 2.75) is 25.0 Å². The predicted molar refractivity (Wildman–Crippen MR) is 81.0 cm³/mol. The second-order valence-electron chi connectivity index (χ2n) is 4.00. The van der Waals surface area contributed by atoms with Crippen molar-refractivity contribution in [3.63, 3.8) is 0 Å². The number of halogens is 1. The van der Waals surface area contributed by atoms with Crippen LogP contribution in [0.5, 0.6) is 0 Å². The monoisotopic (exact) mass is 360 g/mol. The predicted octanol–water partition coefficient (Wildman–Crippen LogP) is 3.43. The zero-order valence-electron chi connectivity index (χ0n) is 10.3. The van der Waals surface area contributed by atoms with Crippen LogP contribution in [0.25, 0.3) is 0 Å². The van der Waals surface area contributed by atoms with Gasteiger partial charge in [-0.3, -0.25) is 4.79 Å². The van der Waals surface area contributed by atoms with Crippen LogP contribution in [-0.2, 0) is 17.8 Å². The molecule has 4 nitrogen and oxygen atoms in total. The van der Waals surface area contributed by atoms with E-state index in [-0.39, 0.29) is 5.75 Å². The molecule has 0 aromatic carbocycles. The third-order valence-electron chi connectivity index (χ3n) is 2.41. The second-order valence-corrected chi connectivity index (χ2v) is 7.49. The van der Waals surface area contributed by atoms with Crippen molar-refractivity contribution in [1.82, 2.24) is 9.55 Å². The number of aliphatic carboxylic acids is 1. The van der Waals surface area contributed by atoms with E-state index in [1.54, 1.807) is 11.3 Å². The van der Waals surface area contributed by atoms with Crippen LogP contribution in [-0.4, -0.2) is 26.4 Å². The number of imidazole rings is 1. The molecule has 0 aliphatic carbocycles. The highest BCUT2D eigenvalue weighted by molar-refractivity contribution is 9.11. The number of nitrogens with zero attached hydrogens (tertiary/aromatic N) is 2. The first-order valence-electron chi connectivity index (χ1n) is 5.67. The molecule has 0 unspecified atom stereocenters. The summed E-state index contributed by atoms with van der Waals surface area (Å²) in [4.78, 5) is 16.3. The van der Waals surface area contributed by atoms with Crippen LogP contribution >= 0.6 is 39.0 Å². The van der Waals surface area contributed by atoms with Crippen molar-refractivity contribution in [2.75, 3.05) is 5.75 Å². The molecule has 0 atom stereocenters. The Labute approximate surface area is 128 Å². The molecular weight excluding hydrogens is 348 g/mol. The minimum Gasteiger partial charge on any atom is -0.481 e. The van der Waals surface area contributed by atoms with Crippen molar-refractivity contribution >= 4 is 45.0 Å². The molecule has 2 rings (SSSR count). The number of carbonyl (C=O) groups is 1. The molecule has 0 amide bonds. The van der Waals surface area contributed by atoms with Gasteiger partial charge in [0.15, 0.2) is 5.16 Å². The van der Waals surface area contributed by atoms with Crippen molar-refractivity contribution < 1.29 is 9.90 Å². The van der Waals surface area contributed by atoms with Gasteiger partial charge >= 0.3 is 5.97 Å². The van der Waals surface area contributed by atoms with Gasteiger partial charge in [0, 0.05) is 17.6 Å². The minimum absolute atomic E-state index is 0.0427. The lowest BCUT2D eigenvalue weighted by Gasteiger charge is -2.05. The molecule has 2 aromatic rings. The molecule has 0 aliphatic rings. The average Bonchev–Trinajstić information content (AvgIpc) is 2.90. The summed E-state index contributed by atoms with van der Waals surface area (Å²) in [5.41, 5.74) is 0.917. The molecule has 0 spiro atoms. The van der Waals surface area contributed by atoms with E-state index in [2.05, 4.69) is 27.0 Å². The van der Waals surface area contributed by atoms with E-state index in [1.165, 1.54) is 16.6 Å². The topological polar surface area (TPSA) is 55.1 Å². The summed E-state index contributed by atoms with van der Waals surface area (Å²) in [7, 11) is 0. The van der Waals surface area contributed by atoms with Gasteiger partial charge in [-0.15, -0.1) is 11.3 Å². The molecule has 1 N–H and O–H groups in total. The molecule has 0 fully saturated rings. The smallest absolute Gasteiger partial charge is 0.313 e. The zero-order valence-corrected chi connectivity index (χ0v) is 13.5. The van der Waals surface area contributed by atoms with Crippen LogP contribution in [0.2, 0.25) is 0 Å². The lowest BCUT2D eigenvalue weighted by molar-refractivity contribution is -0.133.